The number of nitrogens with two attached hydrogens (primary N) is 1. The van der Waals surface area contributed by atoms with E-state index in [1.54, 1.807) is 6.07 Å². The molecule has 5 heteroatoms. The number of carbonyl (C=O) groups excluding carboxylic acids is 1. The van der Waals surface area contributed by atoms with Crippen LogP contribution in [0.2, 0.25) is 0 Å². The molecule has 0 atom stereocenters. The van der Waals surface area contributed by atoms with Crippen molar-refractivity contribution in [2.75, 3.05) is 50.3 Å². The number of likely N-dealkylation sites (N-methyl/N-ethyl adjacent to an activating group) is 1. The Morgan fingerprint density at radius 2 is 1.86 bits per heavy atom. The topological polar surface area (TPSA) is 61.6 Å². The van der Waals surface area contributed by atoms with Crippen LogP contribution in [0.25, 0.3) is 0 Å². The highest BCUT2D eigenvalue weighted by Crippen LogP contribution is 2.17. The van der Waals surface area contributed by atoms with Crippen LogP contribution in [0.3, 0.4) is 0 Å². The third-order valence-electron chi connectivity index (χ3n) is 4.03. The van der Waals surface area contributed by atoms with E-state index in [1.807, 2.05) is 18.2 Å². The highest BCUT2D eigenvalue weighted by atomic mass is 16.1. The largest absolute Gasteiger partial charge is 0.397 e. The lowest BCUT2D eigenvalue weighted by atomic mass is 10.2. The van der Waals surface area contributed by atoms with Crippen LogP contribution in [-0.2, 0) is 4.79 Å². The lowest BCUT2D eigenvalue weighted by molar-refractivity contribution is -0.116. The van der Waals surface area contributed by atoms with Crippen LogP contribution in [0.15, 0.2) is 24.3 Å². The van der Waals surface area contributed by atoms with Gasteiger partial charge in [0.1, 0.15) is 0 Å². The van der Waals surface area contributed by atoms with Gasteiger partial charge in [0.25, 0.3) is 0 Å². The molecule has 116 valence electrons. The maximum Gasteiger partial charge on any atom is 0.224 e. The molecule has 0 aromatic heterocycles. The molecule has 3 N–H and O–H groups in total. The van der Waals surface area contributed by atoms with E-state index in [-0.39, 0.29) is 5.91 Å². The number of hydrogen-bond donors (Lipinski definition) is 2. The van der Waals surface area contributed by atoms with Crippen molar-refractivity contribution in [1.82, 2.24) is 9.80 Å². The number of nitrogens with zero attached hydrogens (tertiary/aromatic N) is 2. The first kappa shape index (κ1) is 15.8. The molecule has 1 aromatic rings. The number of hydrogen-bond acceptors (Lipinski definition) is 4. The smallest absolute Gasteiger partial charge is 0.224 e. The first-order chi connectivity index (χ1) is 10.2. The number of anilines is 2. The summed E-state index contributed by atoms with van der Waals surface area (Å²) in [6.07, 6.45) is 1.44. The third-order valence-corrected chi connectivity index (χ3v) is 4.03. The molecule has 1 aliphatic rings. The van der Waals surface area contributed by atoms with Crippen LogP contribution in [0.5, 0.6) is 0 Å². The fraction of sp³-hybridized carbons (Fsp3) is 0.562. The van der Waals surface area contributed by atoms with E-state index in [4.69, 9.17) is 5.73 Å². The predicted molar refractivity (Wildman–Crippen MR) is 87.3 cm³/mol. The van der Waals surface area contributed by atoms with Crippen molar-refractivity contribution in [3.8, 4) is 0 Å². The average molecular weight is 290 g/mol. The average Bonchev–Trinajstić information content (AvgIpc) is 2.50. The molecular formula is C16H26N4O. The Kier molecular flexibility index (Phi) is 6.02. The van der Waals surface area contributed by atoms with Gasteiger partial charge in [-0.1, -0.05) is 19.1 Å². The molecule has 0 unspecified atom stereocenters. The molecular weight excluding hydrogens is 264 g/mol. The molecule has 1 heterocycles. The minimum Gasteiger partial charge on any atom is -0.397 e. The first-order valence-corrected chi connectivity index (χ1v) is 7.78. The van der Waals surface area contributed by atoms with E-state index in [2.05, 4.69) is 22.0 Å². The van der Waals surface area contributed by atoms with E-state index < -0.39 is 0 Å². The number of rotatable bonds is 6. The molecule has 5 nitrogen and oxygen atoms in total. The minimum absolute atomic E-state index is 0.0418. The molecule has 0 bridgehead atoms. The van der Waals surface area contributed by atoms with Crippen molar-refractivity contribution in [1.29, 1.82) is 0 Å². The summed E-state index contributed by atoms with van der Waals surface area (Å²) < 4.78 is 0. The number of benzene rings is 1. The van der Waals surface area contributed by atoms with E-state index >= 15 is 0 Å². The summed E-state index contributed by atoms with van der Waals surface area (Å²) in [7, 11) is 0. The third kappa shape index (κ3) is 5.02. The molecule has 1 aliphatic heterocycles. The van der Waals surface area contributed by atoms with Gasteiger partial charge >= 0.3 is 0 Å². The zero-order valence-corrected chi connectivity index (χ0v) is 12.8. The second kappa shape index (κ2) is 8.00. The van der Waals surface area contributed by atoms with Gasteiger partial charge < -0.3 is 20.9 Å². The molecule has 1 fully saturated rings. The van der Waals surface area contributed by atoms with E-state index in [1.165, 1.54) is 0 Å². The summed E-state index contributed by atoms with van der Waals surface area (Å²) in [6.45, 7) is 8.84. The van der Waals surface area contributed by atoms with Crippen LogP contribution in [0.1, 0.15) is 19.8 Å². The summed E-state index contributed by atoms with van der Waals surface area (Å²) in [5, 5.41) is 2.87. The number of para-hydroxylation sites is 2. The first-order valence-electron chi connectivity index (χ1n) is 7.78. The van der Waals surface area contributed by atoms with Crippen molar-refractivity contribution in [2.45, 2.75) is 19.8 Å². The second-order valence-electron chi connectivity index (χ2n) is 5.51. The monoisotopic (exact) mass is 290 g/mol. The highest BCUT2D eigenvalue weighted by molar-refractivity contribution is 5.93. The lowest BCUT2D eigenvalue weighted by Gasteiger charge is -2.33. The Morgan fingerprint density at radius 3 is 2.52 bits per heavy atom. The summed E-state index contributed by atoms with van der Waals surface area (Å²) in [6, 6.07) is 7.36. The SMILES string of the molecule is CCN1CCN(CCCC(=O)Nc2ccccc2N)CC1. The van der Waals surface area contributed by atoms with Crippen LogP contribution in [0.4, 0.5) is 11.4 Å². The van der Waals surface area contributed by atoms with E-state index in [0.29, 0.717) is 17.8 Å². The Bertz CT molecular complexity index is 455. The highest BCUT2D eigenvalue weighted by Gasteiger charge is 2.15. The van der Waals surface area contributed by atoms with E-state index in [9.17, 15) is 4.79 Å². The van der Waals surface area contributed by atoms with Gasteiger partial charge in [0.15, 0.2) is 0 Å². The Hall–Kier alpha value is -1.59. The van der Waals surface area contributed by atoms with Crippen molar-refractivity contribution < 1.29 is 4.79 Å². The van der Waals surface area contributed by atoms with Gasteiger partial charge in [0.2, 0.25) is 5.91 Å². The van der Waals surface area contributed by atoms with Gasteiger partial charge in [-0.2, -0.15) is 0 Å². The zero-order chi connectivity index (χ0) is 15.1. The second-order valence-corrected chi connectivity index (χ2v) is 5.51. The van der Waals surface area contributed by atoms with Crippen molar-refractivity contribution >= 4 is 17.3 Å². The predicted octanol–water partition coefficient (Wildman–Crippen LogP) is 1.62. The summed E-state index contributed by atoms with van der Waals surface area (Å²) in [5.74, 6) is 0.0418. The summed E-state index contributed by atoms with van der Waals surface area (Å²) in [4.78, 5) is 16.8. The normalized spacial score (nSPS) is 16.8. The van der Waals surface area contributed by atoms with Gasteiger partial charge in [-0.05, 0) is 31.6 Å². The van der Waals surface area contributed by atoms with Gasteiger partial charge in [0.05, 0.1) is 11.4 Å². The number of nitrogens with one attached hydrogen (secondary N) is 1. The van der Waals surface area contributed by atoms with Crippen molar-refractivity contribution in [3.05, 3.63) is 24.3 Å². The van der Waals surface area contributed by atoms with Crippen LogP contribution >= 0.6 is 0 Å². The van der Waals surface area contributed by atoms with Crippen LogP contribution in [-0.4, -0.2) is 55.0 Å². The van der Waals surface area contributed by atoms with Gasteiger partial charge in [-0.15, -0.1) is 0 Å². The van der Waals surface area contributed by atoms with Crippen molar-refractivity contribution in [2.24, 2.45) is 0 Å². The van der Waals surface area contributed by atoms with Crippen LogP contribution in [0, 0.1) is 0 Å². The van der Waals surface area contributed by atoms with Gasteiger partial charge in [0, 0.05) is 32.6 Å². The fourth-order valence-corrected chi connectivity index (χ4v) is 2.62. The Labute approximate surface area is 127 Å². The molecule has 21 heavy (non-hydrogen) atoms. The van der Waals surface area contributed by atoms with Crippen molar-refractivity contribution in [3.63, 3.8) is 0 Å². The van der Waals surface area contributed by atoms with Gasteiger partial charge in [-0.25, -0.2) is 0 Å². The molecule has 0 saturated carbocycles. The zero-order valence-electron chi connectivity index (χ0n) is 12.8. The standard InChI is InChI=1S/C16H26N4O/c1-2-19-10-12-20(13-11-19)9-5-8-16(21)18-15-7-4-3-6-14(15)17/h3-4,6-7H,2,5,8-13,17H2,1H3,(H,18,21). The molecule has 0 aliphatic carbocycles. The van der Waals surface area contributed by atoms with E-state index in [0.717, 1.165) is 45.7 Å². The Balaban J connectivity index is 1.65. The fourth-order valence-electron chi connectivity index (χ4n) is 2.62. The molecule has 0 spiro atoms. The number of amides is 1. The maximum atomic E-state index is 11.9. The number of carbonyl (C=O) groups is 1. The number of nitrogen functional groups attached to an aromatic ring is 1. The lowest BCUT2D eigenvalue weighted by Crippen LogP contribution is -2.46. The minimum atomic E-state index is 0.0418. The maximum absolute atomic E-state index is 11.9. The molecule has 1 amide bonds. The summed E-state index contributed by atoms with van der Waals surface area (Å²) >= 11 is 0. The Morgan fingerprint density at radius 1 is 1.19 bits per heavy atom. The number of piperazine rings is 1. The molecule has 1 saturated heterocycles. The molecule has 2 rings (SSSR count). The quantitative estimate of drug-likeness (QED) is 0.782. The van der Waals surface area contributed by atoms with Crippen LogP contribution < -0.4 is 11.1 Å². The summed E-state index contributed by atoms with van der Waals surface area (Å²) in [5.41, 5.74) is 7.13. The molecule has 1 aromatic carbocycles. The van der Waals surface area contributed by atoms with Gasteiger partial charge in [-0.3, -0.25) is 4.79 Å². The molecule has 0 radical (unpaired) electrons.